The fourth-order valence-electron chi connectivity index (χ4n) is 4.10. The molecule has 1 saturated carbocycles. The fraction of sp³-hybridized carbons (Fsp3) is 0.579. The molecule has 1 aromatic carbocycles. The highest BCUT2D eigenvalue weighted by molar-refractivity contribution is 5.82. The number of nitriles is 1. The van der Waals surface area contributed by atoms with Gasteiger partial charge >= 0.3 is 0 Å². The third-order valence-corrected chi connectivity index (χ3v) is 6.00. The van der Waals surface area contributed by atoms with Crippen molar-refractivity contribution in [2.24, 2.45) is 5.41 Å². The SMILES string of the molecule is N#Cc1ccc(N2CCN(C(=O)[C@@H]3CCC4(CC4)CN3O)CC2)cc1. The number of anilines is 1. The Morgan fingerprint density at radius 1 is 1.12 bits per heavy atom. The van der Waals surface area contributed by atoms with Gasteiger partial charge in [-0.1, -0.05) is 0 Å². The molecule has 0 unspecified atom stereocenters. The highest BCUT2D eigenvalue weighted by Gasteiger charge is 2.49. The summed E-state index contributed by atoms with van der Waals surface area (Å²) >= 11 is 0. The largest absolute Gasteiger partial charge is 0.368 e. The summed E-state index contributed by atoms with van der Waals surface area (Å²) in [5.74, 6) is 0.0671. The van der Waals surface area contributed by atoms with Gasteiger partial charge in [0.25, 0.3) is 0 Å². The van der Waals surface area contributed by atoms with Crippen molar-refractivity contribution >= 4 is 11.6 Å². The summed E-state index contributed by atoms with van der Waals surface area (Å²) < 4.78 is 0. The third kappa shape index (κ3) is 3.22. The number of rotatable bonds is 2. The van der Waals surface area contributed by atoms with E-state index in [9.17, 15) is 10.0 Å². The molecular formula is C19H24N4O2. The number of piperazine rings is 1. The molecule has 1 N–H and O–H groups in total. The Kier molecular flexibility index (Phi) is 4.14. The van der Waals surface area contributed by atoms with Gasteiger partial charge in [-0.3, -0.25) is 4.79 Å². The maximum absolute atomic E-state index is 12.8. The molecule has 0 aromatic heterocycles. The maximum Gasteiger partial charge on any atom is 0.242 e. The van der Waals surface area contributed by atoms with Gasteiger partial charge in [-0.25, -0.2) is 0 Å². The van der Waals surface area contributed by atoms with Gasteiger partial charge in [0.2, 0.25) is 5.91 Å². The number of carbonyl (C=O) groups is 1. The van der Waals surface area contributed by atoms with Crippen molar-refractivity contribution in [3.63, 3.8) is 0 Å². The fourth-order valence-corrected chi connectivity index (χ4v) is 4.10. The minimum atomic E-state index is -0.368. The molecule has 3 fully saturated rings. The molecular weight excluding hydrogens is 316 g/mol. The van der Waals surface area contributed by atoms with Crippen LogP contribution >= 0.6 is 0 Å². The van der Waals surface area contributed by atoms with Crippen LogP contribution in [-0.2, 0) is 4.79 Å². The molecule has 132 valence electrons. The normalized spacial score (nSPS) is 25.7. The van der Waals surface area contributed by atoms with Crippen molar-refractivity contribution in [2.45, 2.75) is 31.7 Å². The van der Waals surface area contributed by atoms with Crippen LogP contribution in [0.2, 0.25) is 0 Å². The summed E-state index contributed by atoms with van der Waals surface area (Å²) in [5, 5.41) is 20.5. The lowest BCUT2D eigenvalue weighted by Crippen LogP contribution is -2.56. The number of amides is 1. The Morgan fingerprint density at radius 3 is 2.36 bits per heavy atom. The molecule has 0 radical (unpaired) electrons. The number of hydrogen-bond donors (Lipinski definition) is 1. The smallest absolute Gasteiger partial charge is 0.242 e. The summed E-state index contributed by atoms with van der Waals surface area (Å²) in [6.45, 7) is 3.55. The molecule has 2 heterocycles. The number of hydrogen-bond acceptors (Lipinski definition) is 5. The second kappa shape index (κ2) is 6.32. The van der Waals surface area contributed by atoms with E-state index in [2.05, 4.69) is 11.0 Å². The van der Waals surface area contributed by atoms with E-state index in [1.165, 1.54) is 17.9 Å². The lowest BCUT2D eigenvalue weighted by atomic mass is 9.91. The van der Waals surface area contributed by atoms with E-state index < -0.39 is 0 Å². The Hall–Kier alpha value is -2.10. The third-order valence-electron chi connectivity index (χ3n) is 6.00. The van der Waals surface area contributed by atoms with Crippen LogP contribution in [0.15, 0.2) is 24.3 Å². The summed E-state index contributed by atoms with van der Waals surface area (Å²) in [6.07, 6.45) is 4.21. The minimum absolute atomic E-state index is 0.0671. The van der Waals surface area contributed by atoms with Crippen LogP contribution in [0.1, 0.15) is 31.2 Å². The number of nitrogens with zero attached hydrogens (tertiary/aromatic N) is 4. The van der Waals surface area contributed by atoms with Gasteiger partial charge in [0, 0.05) is 38.4 Å². The number of hydroxylamine groups is 2. The molecule has 25 heavy (non-hydrogen) atoms. The lowest BCUT2D eigenvalue weighted by Gasteiger charge is -2.41. The average Bonchev–Trinajstić information content (AvgIpc) is 3.40. The van der Waals surface area contributed by atoms with E-state index in [1.54, 1.807) is 0 Å². The Balaban J connectivity index is 1.33. The molecule has 3 aliphatic rings. The van der Waals surface area contributed by atoms with Gasteiger partial charge in [-0.15, -0.1) is 0 Å². The van der Waals surface area contributed by atoms with Gasteiger partial charge in [0.05, 0.1) is 11.6 Å². The van der Waals surface area contributed by atoms with Crippen LogP contribution in [0.4, 0.5) is 5.69 Å². The van der Waals surface area contributed by atoms with Crippen molar-refractivity contribution < 1.29 is 10.0 Å². The molecule has 1 atom stereocenters. The van der Waals surface area contributed by atoms with Crippen LogP contribution in [0, 0.1) is 16.7 Å². The predicted molar refractivity (Wildman–Crippen MR) is 93.1 cm³/mol. The number of benzene rings is 1. The summed E-state index contributed by atoms with van der Waals surface area (Å²) in [5.41, 5.74) is 2.05. The number of carbonyl (C=O) groups excluding carboxylic acids is 1. The highest BCUT2D eigenvalue weighted by atomic mass is 16.5. The van der Waals surface area contributed by atoms with Crippen molar-refractivity contribution in [3.05, 3.63) is 29.8 Å². The Morgan fingerprint density at radius 2 is 1.80 bits per heavy atom. The molecule has 6 heteroatoms. The highest BCUT2D eigenvalue weighted by Crippen LogP contribution is 2.52. The molecule has 2 aliphatic heterocycles. The number of piperidine rings is 1. The molecule has 4 rings (SSSR count). The zero-order valence-corrected chi connectivity index (χ0v) is 14.4. The zero-order chi connectivity index (χ0) is 17.4. The van der Waals surface area contributed by atoms with E-state index in [0.29, 0.717) is 30.6 Å². The molecule has 2 saturated heterocycles. The second-order valence-electron chi connectivity index (χ2n) is 7.62. The summed E-state index contributed by atoms with van der Waals surface area (Å²) in [7, 11) is 0. The lowest BCUT2D eigenvalue weighted by molar-refractivity contribution is -0.179. The predicted octanol–water partition coefficient (Wildman–Crippen LogP) is 1.84. The molecule has 1 spiro atoms. The topological polar surface area (TPSA) is 70.8 Å². The first-order valence-electron chi connectivity index (χ1n) is 9.10. The first-order valence-corrected chi connectivity index (χ1v) is 9.10. The molecule has 0 bridgehead atoms. The Labute approximate surface area is 148 Å². The average molecular weight is 340 g/mol. The molecule has 1 amide bonds. The van der Waals surface area contributed by atoms with Crippen molar-refractivity contribution in [2.75, 3.05) is 37.6 Å². The maximum atomic E-state index is 12.8. The second-order valence-corrected chi connectivity index (χ2v) is 7.62. The summed E-state index contributed by atoms with van der Waals surface area (Å²) in [4.78, 5) is 16.9. The molecule has 1 aromatic rings. The van der Waals surface area contributed by atoms with Crippen LogP contribution in [0.5, 0.6) is 0 Å². The van der Waals surface area contributed by atoms with Gasteiger partial charge in [0.1, 0.15) is 6.04 Å². The van der Waals surface area contributed by atoms with Crippen LogP contribution in [-0.4, -0.2) is 59.8 Å². The van der Waals surface area contributed by atoms with Crippen LogP contribution < -0.4 is 4.90 Å². The van der Waals surface area contributed by atoms with Crippen molar-refractivity contribution in [1.82, 2.24) is 9.96 Å². The van der Waals surface area contributed by atoms with E-state index in [0.717, 1.165) is 31.6 Å². The molecule has 1 aliphatic carbocycles. The van der Waals surface area contributed by atoms with Crippen molar-refractivity contribution in [1.29, 1.82) is 5.26 Å². The minimum Gasteiger partial charge on any atom is -0.368 e. The van der Waals surface area contributed by atoms with E-state index >= 15 is 0 Å². The van der Waals surface area contributed by atoms with Gasteiger partial charge < -0.3 is 15.0 Å². The first kappa shape index (κ1) is 16.4. The van der Waals surface area contributed by atoms with E-state index in [-0.39, 0.29) is 11.9 Å². The van der Waals surface area contributed by atoms with E-state index in [1.807, 2.05) is 29.2 Å². The van der Waals surface area contributed by atoms with Crippen molar-refractivity contribution in [3.8, 4) is 6.07 Å². The molecule has 6 nitrogen and oxygen atoms in total. The monoisotopic (exact) mass is 340 g/mol. The van der Waals surface area contributed by atoms with E-state index in [4.69, 9.17) is 5.26 Å². The first-order chi connectivity index (χ1) is 12.1. The van der Waals surface area contributed by atoms with Gasteiger partial charge in [-0.2, -0.15) is 10.3 Å². The zero-order valence-electron chi connectivity index (χ0n) is 14.4. The quantitative estimate of drug-likeness (QED) is 0.889. The van der Waals surface area contributed by atoms with Crippen LogP contribution in [0.25, 0.3) is 0 Å². The van der Waals surface area contributed by atoms with Gasteiger partial charge in [0.15, 0.2) is 0 Å². The summed E-state index contributed by atoms with van der Waals surface area (Å²) in [6, 6.07) is 9.33. The standard InChI is InChI=1S/C19H24N4O2/c20-13-15-1-3-16(4-2-15)21-9-11-22(12-10-21)18(24)17-5-6-19(7-8-19)14-23(17)25/h1-4,17,25H,5-12,14H2/t17-/m0/s1. The Bertz CT molecular complexity index is 684. The van der Waals surface area contributed by atoms with Crippen LogP contribution in [0.3, 0.4) is 0 Å². The van der Waals surface area contributed by atoms with Gasteiger partial charge in [-0.05, 0) is 55.4 Å².